The third-order valence-corrected chi connectivity index (χ3v) is 3.05. The number of nitrogen functional groups attached to an aromatic ring is 2. The normalized spacial score (nSPS) is 12.5. The van der Waals surface area contributed by atoms with E-state index >= 15 is 0 Å². The fourth-order valence-electron chi connectivity index (χ4n) is 2.19. The number of benzene rings is 2. The van der Waals surface area contributed by atoms with Gasteiger partial charge < -0.3 is 11.5 Å². The summed E-state index contributed by atoms with van der Waals surface area (Å²) in [6.07, 6.45) is -10.1. The van der Waals surface area contributed by atoms with Crippen LogP contribution in [0.1, 0.15) is 11.1 Å². The molecular formula is C14H10F6N2. The Morgan fingerprint density at radius 1 is 0.727 bits per heavy atom. The lowest BCUT2D eigenvalue weighted by Gasteiger charge is -2.21. The van der Waals surface area contributed by atoms with Crippen LogP contribution in [0.15, 0.2) is 36.4 Å². The molecule has 0 fully saturated rings. The summed E-state index contributed by atoms with van der Waals surface area (Å²) in [6, 6.07) is 7.79. The van der Waals surface area contributed by atoms with Gasteiger partial charge in [-0.1, -0.05) is 30.3 Å². The molecule has 22 heavy (non-hydrogen) atoms. The zero-order chi connectivity index (χ0) is 16.7. The molecule has 4 N–H and O–H groups in total. The predicted octanol–water partition coefficient (Wildman–Crippen LogP) is 4.56. The van der Waals surface area contributed by atoms with Crippen LogP contribution in [0.5, 0.6) is 0 Å². The number of hydrogen-bond donors (Lipinski definition) is 2. The first-order valence-electron chi connectivity index (χ1n) is 5.95. The highest BCUT2D eigenvalue weighted by Gasteiger charge is 2.43. The lowest BCUT2D eigenvalue weighted by molar-refractivity contribution is -0.140. The Morgan fingerprint density at radius 3 is 1.68 bits per heavy atom. The molecule has 0 aliphatic carbocycles. The van der Waals surface area contributed by atoms with Crippen molar-refractivity contribution >= 4 is 11.4 Å². The summed E-state index contributed by atoms with van der Waals surface area (Å²) >= 11 is 0. The van der Waals surface area contributed by atoms with E-state index in [-0.39, 0.29) is 5.56 Å². The highest BCUT2D eigenvalue weighted by atomic mass is 19.4. The third kappa shape index (κ3) is 2.81. The van der Waals surface area contributed by atoms with Gasteiger partial charge in [0.2, 0.25) is 0 Å². The first-order valence-corrected chi connectivity index (χ1v) is 5.95. The van der Waals surface area contributed by atoms with Gasteiger partial charge in [0.1, 0.15) is 5.56 Å². The quantitative estimate of drug-likeness (QED) is 0.598. The molecule has 0 aliphatic rings. The molecule has 0 spiro atoms. The van der Waals surface area contributed by atoms with Crippen molar-refractivity contribution in [3.63, 3.8) is 0 Å². The minimum atomic E-state index is -5.08. The smallest absolute Gasteiger partial charge is 0.398 e. The molecule has 2 aromatic rings. The Labute approximate surface area is 121 Å². The monoisotopic (exact) mass is 320 g/mol. The van der Waals surface area contributed by atoms with Crippen LogP contribution in [0, 0.1) is 0 Å². The van der Waals surface area contributed by atoms with Crippen LogP contribution in [-0.4, -0.2) is 0 Å². The Balaban J connectivity index is 2.87. The molecular weight excluding hydrogens is 310 g/mol. The number of nitrogens with two attached hydrogens (primary N) is 2. The van der Waals surface area contributed by atoms with Gasteiger partial charge >= 0.3 is 12.4 Å². The van der Waals surface area contributed by atoms with Crippen LogP contribution >= 0.6 is 0 Å². The summed E-state index contributed by atoms with van der Waals surface area (Å²) in [5, 5.41) is 0. The number of alkyl halides is 6. The van der Waals surface area contributed by atoms with Crippen molar-refractivity contribution in [2.75, 3.05) is 11.5 Å². The molecule has 2 nitrogen and oxygen atoms in total. The Kier molecular flexibility index (Phi) is 3.72. The average Bonchev–Trinajstić information content (AvgIpc) is 2.35. The van der Waals surface area contributed by atoms with E-state index in [1.807, 2.05) is 0 Å². The maximum atomic E-state index is 13.2. The maximum Gasteiger partial charge on any atom is 0.420 e. The minimum Gasteiger partial charge on any atom is -0.398 e. The van der Waals surface area contributed by atoms with Gasteiger partial charge in [0.15, 0.2) is 0 Å². The van der Waals surface area contributed by atoms with Crippen molar-refractivity contribution in [3.8, 4) is 11.1 Å². The summed E-state index contributed by atoms with van der Waals surface area (Å²) in [6.45, 7) is 0. The molecule has 0 aliphatic heterocycles. The van der Waals surface area contributed by atoms with Crippen LogP contribution in [0.3, 0.4) is 0 Å². The lowest BCUT2D eigenvalue weighted by atomic mass is 9.93. The summed E-state index contributed by atoms with van der Waals surface area (Å²) in [5.74, 6) is 0. The molecule has 0 aromatic heterocycles. The molecule has 0 saturated carbocycles. The second-order valence-corrected chi connectivity index (χ2v) is 4.54. The fraction of sp³-hybridized carbons (Fsp3) is 0.143. The first-order chi connectivity index (χ1) is 10.0. The number of anilines is 2. The number of rotatable bonds is 1. The van der Waals surface area contributed by atoms with Crippen molar-refractivity contribution in [3.05, 3.63) is 47.5 Å². The van der Waals surface area contributed by atoms with Gasteiger partial charge in [-0.2, -0.15) is 26.3 Å². The maximum absolute atomic E-state index is 13.2. The summed E-state index contributed by atoms with van der Waals surface area (Å²) in [4.78, 5) is 0. The summed E-state index contributed by atoms with van der Waals surface area (Å²) < 4.78 is 78.3. The summed E-state index contributed by atoms with van der Waals surface area (Å²) in [5.41, 5.74) is 4.57. The highest BCUT2D eigenvalue weighted by molar-refractivity contribution is 5.82. The first kappa shape index (κ1) is 16.0. The molecule has 8 heteroatoms. The molecule has 2 aromatic carbocycles. The van der Waals surface area contributed by atoms with Crippen molar-refractivity contribution in [1.82, 2.24) is 0 Å². The largest absolute Gasteiger partial charge is 0.420 e. The van der Waals surface area contributed by atoms with E-state index in [1.54, 1.807) is 6.07 Å². The van der Waals surface area contributed by atoms with Crippen molar-refractivity contribution < 1.29 is 26.3 Å². The summed E-state index contributed by atoms with van der Waals surface area (Å²) in [7, 11) is 0. The average molecular weight is 320 g/mol. The van der Waals surface area contributed by atoms with Gasteiger partial charge in [0.25, 0.3) is 0 Å². The second-order valence-electron chi connectivity index (χ2n) is 4.54. The van der Waals surface area contributed by atoms with E-state index in [9.17, 15) is 26.3 Å². The van der Waals surface area contributed by atoms with Crippen LogP contribution in [0.2, 0.25) is 0 Å². The Morgan fingerprint density at radius 2 is 1.23 bits per heavy atom. The van der Waals surface area contributed by atoms with E-state index < -0.39 is 40.4 Å². The zero-order valence-electron chi connectivity index (χ0n) is 10.9. The van der Waals surface area contributed by atoms with Gasteiger partial charge in [-0.3, -0.25) is 0 Å². The third-order valence-electron chi connectivity index (χ3n) is 3.05. The SMILES string of the molecule is Nc1cc(-c2ccccc2)c(C(F)(F)F)c(N)c1C(F)(F)F. The van der Waals surface area contributed by atoms with Crippen LogP contribution in [0.4, 0.5) is 37.7 Å². The van der Waals surface area contributed by atoms with Crippen LogP contribution < -0.4 is 11.5 Å². The van der Waals surface area contributed by atoms with E-state index in [2.05, 4.69) is 0 Å². The van der Waals surface area contributed by atoms with E-state index in [0.717, 1.165) is 0 Å². The molecule has 0 unspecified atom stereocenters. The van der Waals surface area contributed by atoms with Gasteiger partial charge in [0, 0.05) is 5.69 Å². The lowest BCUT2D eigenvalue weighted by Crippen LogP contribution is -2.19. The molecule has 118 valence electrons. The van der Waals surface area contributed by atoms with Gasteiger partial charge in [0.05, 0.1) is 11.3 Å². The molecule has 0 radical (unpaired) electrons. The van der Waals surface area contributed by atoms with Crippen molar-refractivity contribution in [1.29, 1.82) is 0 Å². The van der Waals surface area contributed by atoms with Gasteiger partial charge in [-0.25, -0.2) is 0 Å². The van der Waals surface area contributed by atoms with Gasteiger partial charge in [-0.15, -0.1) is 0 Å². The number of halogens is 6. The minimum absolute atomic E-state index is 0.0712. The molecule has 0 bridgehead atoms. The standard InChI is InChI=1S/C14H10F6N2/c15-13(16,17)10-8(7-4-2-1-3-5-7)6-9(21)11(12(10)22)14(18,19)20/h1-6H,21-22H2. The molecule has 0 heterocycles. The second kappa shape index (κ2) is 5.11. The topological polar surface area (TPSA) is 52.0 Å². The predicted molar refractivity (Wildman–Crippen MR) is 70.7 cm³/mol. The van der Waals surface area contributed by atoms with Crippen molar-refractivity contribution in [2.24, 2.45) is 0 Å². The van der Waals surface area contributed by atoms with Crippen LogP contribution in [0.25, 0.3) is 11.1 Å². The van der Waals surface area contributed by atoms with E-state index in [1.165, 1.54) is 24.3 Å². The molecule has 0 amide bonds. The van der Waals surface area contributed by atoms with Gasteiger partial charge in [-0.05, 0) is 17.2 Å². The molecule has 2 rings (SSSR count). The van der Waals surface area contributed by atoms with Crippen LogP contribution in [-0.2, 0) is 12.4 Å². The molecule has 0 atom stereocenters. The zero-order valence-corrected chi connectivity index (χ0v) is 10.9. The Hall–Kier alpha value is -2.38. The Bertz CT molecular complexity index is 689. The fourth-order valence-corrected chi connectivity index (χ4v) is 2.19. The van der Waals surface area contributed by atoms with E-state index in [4.69, 9.17) is 11.5 Å². The molecule has 0 saturated heterocycles. The number of hydrogen-bond acceptors (Lipinski definition) is 2. The van der Waals surface area contributed by atoms with Crippen molar-refractivity contribution in [2.45, 2.75) is 12.4 Å². The highest BCUT2D eigenvalue weighted by Crippen LogP contribution is 2.48. The van der Waals surface area contributed by atoms with E-state index in [0.29, 0.717) is 6.07 Å².